The average molecular weight is 333 g/mol. The van der Waals surface area contributed by atoms with Crippen molar-refractivity contribution in [2.45, 2.75) is 12.3 Å². The number of hydrogen-bond donors (Lipinski definition) is 7. The number of rotatable bonds is 1. The fraction of sp³-hybridized carbons (Fsp3) is 1.00. The molecule has 0 heterocycles. The van der Waals surface area contributed by atoms with Gasteiger partial charge in [-0.15, -0.1) is 11.6 Å². The average Bonchev–Trinajstić information content (AvgIpc) is 1.79. The molecule has 13 heteroatoms. The normalized spacial score (nSPS) is 12.1. The fourth-order valence-electron chi connectivity index (χ4n) is 0. The number of phosphoric acid groups is 2. The second kappa shape index (κ2) is 13.2. The van der Waals surface area contributed by atoms with E-state index in [0.29, 0.717) is 0 Å². The van der Waals surface area contributed by atoms with Gasteiger partial charge in [0.15, 0.2) is 0 Å². The fourth-order valence-corrected chi connectivity index (χ4v) is 0. The molecule has 100 valence electrons. The van der Waals surface area contributed by atoms with Gasteiger partial charge in [0.05, 0.1) is 12.0 Å². The molecule has 16 heavy (non-hydrogen) atoms. The quantitative estimate of drug-likeness (QED) is 0.160. The van der Waals surface area contributed by atoms with Crippen LogP contribution in [0.3, 0.4) is 0 Å². The molecule has 0 saturated carbocycles. The molecule has 0 aliphatic rings. The molecule has 1 atom stereocenters. The van der Waals surface area contributed by atoms with Crippen LogP contribution in [0, 0.1) is 0 Å². The molecule has 7 N–H and O–H groups in total. The van der Waals surface area contributed by atoms with Gasteiger partial charge >= 0.3 is 53.4 Å². The second-order valence-electron chi connectivity index (χ2n) is 1.99. The van der Waals surface area contributed by atoms with Crippen LogP contribution in [0.4, 0.5) is 0 Å². The van der Waals surface area contributed by atoms with Crippen molar-refractivity contribution < 1.29 is 43.6 Å². The van der Waals surface area contributed by atoms with Gasteiger partial charge in [0, 0.05) is 0 Å². The van der Waals surface area contributed by atoms with Crippen molar-refractivity contribution in [2.24, 2.45) is 0 Å². The summed E-state index contributed by atoms with van der Waals surface area (Å²) in [4.78, 5) is 43.1. The molecule has 0 aliphatic heterocycles. The standard InChI is InChI=1S/C3H7ClO.Ca.2H3O4P.2H/c1-3(4)2-5;;2*1-5(2,3)4;;/h3,5H,2H2,1H3;;2*(H3,1,2,3,4);;. The molecule has 0 saturated heterocycles. The SMILES string of the molecule is CC(Cl)CO.O=P(O)(O)O.O=P(O)(O)O.[CaH2]. The van der Waals surface area contributed by atoms with Gasteiger partial charge in [0.25, 0.3) is 0 Å². The van der Waals surface area contributed by atoms with Gasteiger partial charge in [-0.2, -0.15) is 0 Å². The van der Waals surface area contributed by atoms with E-state index >= 15 is 0 Å². The van der Waals surface area contributed by atoms with E-state index in [9.17, 15) is 0 Å². The number of aliphatic hydroxyl groups is 1. The summed E-state index contributed by atoms with van der Waals surface area (Å²) in [5, 5.41) is 7.92. The Labute approximate surface area is 127 Å². The van der Waals surface area contributed by atoms with Crippen molar-refractivity contribution in [3.05, 3.63) is 0 Å². The molecular formula is C3H15CaClO9P2. The van der Waals surface area contributed by atoms with Crippen LogP contribution in [0.1, 0.15) is 6.92 Å². The van der Waals surface area contributed by atoms with Gasteiger partial charge in [-0.1, -0.05) is 0 Å². The van der Waals surface area contributed by atoms with E-state index in [1.807, 2.05) is 0 Å². The minimum absolute atomic E-state index is 0. The van der Waals surface area contributed by atoms with E-state index < -0.39 is 15.6 Å². The van der Waals surface area contributed by atoms with Crippen LogP contribution in [0.15, 0.2) is 0 Å². The summed E-state index contributed by atoms with van der Waals surface area (Å²) in [6.07, 6.45) is 0. The molecule has 0 aromatic rings. The Morgan fingerprint density at radius 1 is 1.00 bits per heavy atom. The van der Waals surface area contributed by atoms with E-state index in [-0.39, 0.29) is 49.7 Å². The van der Waals surface area contributed by atoms with Gasteiger partial charge in [-0.3, -0.25) is 0 Å². The first-order chi connectivity index (χ1) is 6.27. The van der Waals surface area contributed by atoms with E-state index in [2.05, 4.69) is 0 Å². The molecule has 1 unspecified atom stereocenters. The molecular weight excluding hydrogens is 318 g/mol. The van der Waals surface area contributed by atoms with Crippen LogP contribution in [-0.4, -0.2) is 84.2 Å². The Bertz CT molecular complexity index is 186. The molecule has 0 rings (SSSR count). The first-order valence-corrected chi connectivity index (χ1v) is 6.65. The Kier molecular flexibility index (Phi) is 21.7. The molecule has 0 aromatic carbocycles. The summed E-state index contributed by atoms with van der Waals surface area (Å²) in [5.74, 6) is 0. The Hall–Kier alpha value is 1.73. The van der Waals surface area contributed by atoms with Crippen LogP contribution in [-0.2, 0) is 9.13 Å². The van der Waals surface area contributed by atoms with Gasteiger partial charge in [0.2, 0.25) is 0 Å². The molecule has 0 amide bonds. The van der Waals surface area contributed by atoms with Crippen LogP contribution in [0.2, 0.25) is 0 Å². The molecule has 0 fully saturated rings. The van der Waals surface area contributed by atoms with Gasteiger partial charge in [0.1, 0.15) is 0 Å². The van der Waals surface area contributed by atoms with Crippen molar-refractivity contribution in [1.29, 1.82) is 0 Å². The van der Waals surface area contributed by atoms with E-state index in [4.69, 9.17) is 55.2 Å². The third-order valence-corrected chi connectivity index (χ3v) is 0.390. The third kappa shape index (κ3) is 245. The summed E-state index contributed by atoms with van der Waals surface area (Å²) in [5.41, 5.74) is 0. The van der Waals surface area contributed by atoms with E-state index in [1.54, 1.807) is 6.92 Å². The molecule has 0 bridgehead atoms. The Balaban J connectivity index is -0.0000000655. The first kappa shape index (κ1) is 26.3. The first-order valence-electron chi connectivity index (χ1n) is 3.09. The summed E-state index contributed by atoms with van der Waals surface area (Å²) >= 11 is 5.21. The second-order valence-corrected chi connectivity index (χ2v) is 4.79. The zero-order valence-corrected chi connectivity index (χ0v) is 10.0. The maximum atomic E-state index is 8.88. The van der Waals surface area contributed by atoms with Crippen LogP contribution in [0.25, 0.3) is 0 Å². The molecule has 0 aromatic heterocycles. The third-order valence-electron chi connectivity index (χ3n) is 0.252. The van der Waals surface area contributed by atoms with Crippen molar-refractivity contribution in [2.75, 3.05) is 6.61 Å². The molecule has 0 radical (unpaired) electrons. The van der Waals surface area contributed by atoms with Gasteiger partial charge in [-0.25, -0.2) is 9.13 Å². The zero-order chi connectivity index (χ0) is 13.3. The summed E-state index contributed by atoms with van der Waals surface area (Å²) in [6, 6.07) is 0. The summed E-state index contributed by atoms with van der Waals surface area (Å²) in [6.45, 7) is 1.81. The van der Waals surface area contributed by atoms with Gasteiger partial charge in [-0.05, 0) is 6.92 Å². The van der Waals surface area contributed by atoms with Crippen molar-refractivity contribution in [1.82, 2.24) is 0 Å². The predicted molar refractivity (Wildman–Crippen MR) is 59.5 cm³/mol. The van der Waals surface area contributed by atoms with Crippen molar-refractivity contribution in [3.63, 3.8) is 0 Å². The van der Waals surface area contributed by atoms with Gasteiger partial charge < -0.3 is 34.5 Å². The van der Waals surface area contributed by atoms with Crippen LogP contribution < -0.4 is 0 Å². The maximum absolute atomic E-state index is 8.88. The van der Waals surface area contributed by atoms with E-state index in [1.165, 1.54) is 0 Å². The minimum atomic E-state index is -4.64. The summed E-state index contributed by atoms with van der Waals surface area (Å²) in [7, 11) is -9.28. The summed E-state index contributed by atoms with van der Waals surface area (Å²) < 4.78 is 17.8. The predicted octanol–water partition coefficient (Wildman–Crippen LogP) is -2.17. The van der Waals surface area contributed by atoms with Crippen LogP contribution >= 0.6 is 27.2 Å². The van der Waals surface area contributed by atoms with Crippen LogP contribution in [0.5, 0.6) is 0 Å². The van der Waals surface area contributed by atoms with Crippen molar-refractivity contribution >= 4 is 65.0 Å². The number of alkyl halides is 1. The topological polar surface area (TPSA) is 176 Å². The molecule has 0 aliphatic carbocycles. The Morgan fingerprint density at radius 3 is 1.06 bits per heavy atom. The number of aliphatic hydroxyl groups excluding tert-OH is 1. The Morgan fingerprint density at radius 2 is 1.06 bits per heavy atom. The molecule has 0 spiro atoms. The molecule has 9 nitrogen and oxygen atoms in total. The van der Waals surface area contributed by atoms with Crippen molar-refractivity contribution in [3.8, 4) is 0 Å². The number of halogens is 1. The van der Waals surface area contributed by atoms with E-state index in [0.717, 1.165) is 0 Å². The zero-order valence-electron chi connectivity index (χ0n) is 7.50. The monoisotopic (exact) mass is 332 g/mol. The number of hydrogen-bond acceptors (Lipinski definition) is 3.